The fourth-order valence-electron chi connectivity index (χ4n) is 5.01. The third kappa shape index (κ3) is 4.23. The van der Waals surface area contributed by atoms with E-state index < -0.39 is 5.97 Å². The third-order valence-corrected chi connectivity index (χ3v) is 8.32. The summed E-state index contributed by atoms with van der Waals surface area (Å²) < 4.78 is 0.932. The van der Waals surface area contributed by atoms with Gasteiger partial charge in [-0.1, -0.05) is 29.8 Å². The number of nitrogens with zero attached hydrogens (tertiary/aromatic N) is 3. The van der Waals surface area contributed by atoms with E-state index in [1.165, 1.54) is 11.3 Å². The molecule has 6 nitrogen and oxygen atoms in total. The lowest BCUT2D eigenvalue weighted by Gasteiger charge is -2.13. The van der Waals surface area contributed by atoms with E-state index in [-0.39, 0.29) is 12.3 Å². The number of likely N-dealkylation sites (N-methyl/N-ethyl adjacent to an activating group) is 1. The number of halogens is 1. The predicted molar refractivity (Wildman–Crippen MR) is 152 cm³/mol. The molecule has 0 atom stereocenters. The second kappa shape index (κ2) is 9.35. The normalized spacial score (nSPS) is 12.8. The maximum atomic E-state index is 12.1. The van der Waals surface area contributed by atoms with Crippen molar-refractivity contribution in [2.24, 2.45) is 0 Å². The van der Waals surface area contributed by atoms with E-state index in [1.54, 1.807) is 18.1 Å². The molecule has 3 aromatic carbocycles. The summed E-state index contributed by atoms with van der Waals surface area (Å²) in [6.45, 7) is 1.93. The Morgan fingerprint density at radius 3 is 2.58 bits per heavy atom. The van der Waals surface area contributed by atoms with Crippen LogP contribution in [-0.2, 0) is 22.4 Å². The van der Waals surface area contributed by atoms with Gasteiger partial charge < -0.3 is 10.0 Å². The zero-order chi connectivity index (χ0) is 26.6. The van der Waals surface area contributed by atoms with E-state index in [0.717, 1.165) is 65.5 Å². The van der Waals surface area contributed by atoms with Gasteiger partial charge in [-0.3, -0.25) is 14.6 Å². The molecule has 8 heteroatoms. The summed E-state index contributed by atoms with van der Waals surface area (Å²) >= 11 is 7.67. The lowest BCUT2D eigenvalue weighted by atomic mass is 9.93. The number of carboxylic acids is 1. The van der Waals surface area contributed by atoms with Crippen LogP contribution in [0.2, 0.25) is 5.02 Å². The Balaban J connectivity index is 1.47. The molecule has 2 aromatic heterocycles. The molecule has 0 saturated heterocycles. The summed E-state index contributed by atoms with van der Waals surface area (Å²) in [4.78, 5) is 35.1. The van der Waals surface area contributed by atoms with Crippen molar-refractivity contribution in [1.29, 1.82) is 0 Å². The van der Waals surface area contributed by atoms with Crippen LogP contribution in [0.3, 0.4) is 0 Å². The lowest BCUT2D eigenvalue weighted by molar-refractivity contribution is -0.136. The second-order valence-electron chi connectivity index (χ2n) is 9.39. The second-order valence-corrected chi connectivity index (χ2v) is 10.8. The summed E-state index contributed by atoms with van der Waals surface area (Å²) in [6.07, 6.45) is 2.08. The zero-order valence-electron chi connectivity index (χ0n) is 20.7. The highest BCUT2D eigenvalue weighted by atomic mass is 35.5. The number of hydrogen-bond donors (Lipinski definition) is 1. The summed E-state index contributed by atoms with van der Waals surface area (Å²) in [7, 11) is 1.79. The maximum Gasteiger partial charge on any atom is 0.307 e. The van der Waals surface area contributed by atoms with Crippen LogP contribution in [0.25, 0.3) is 43.2 Å². The van der Waals surface area contributed by atoms with Gasteiger partial charge in [0.05, 0.1) is 28.8 Å². The minimum Gasteiger partial charge on any atom is -0.481 e. The number of aliphatic carboxylic acids is 1. The molecular weight excluding hydrogens is 518 g/mol. The number of amides is 1. The quantitative estimate of drug-likeness (QED) is 0.265. The molecule has 0 unspecified atom stereocenters. The van der Waals surface area contributed by atoms with Crippen molar-refractivity contribution >= 4 is 50.7 Å². The van der Waals surface area contributed by atoms with Crippen molar-refractivity contribution in [3.05, 3.63) is 88.6 Å². The van der Waals surface area contributed by atoms with Crippen LogP contribution < -0.4 is 4.90 Å². The largest absolute Gasteiger partial charge is 0.481 e. The first-order valence-corrected chi connectivity index (χ1v) is 13.2. The van der Waals surface area contributed by atoms with Crippen LogP contribution in [0.4, 0.5) is 5.69 Å². The van der Waals surface area contributed by atoms with E-state index in [0.29, 0.717) is 11.4 Å². The smallest absolute Gasteiger partial charge is 0.307 e. The van der Waals surface area contributed by atoms with E-state index >= 15 is 0 Å². The van der Waals surface area contributed by atoms with Gasteiger partial charge in [0, 0.05) is 40.6 Å². The highest BCUT2D eigenvalue weighted by Crippen LogP contribution is 2.41. The molecule has 1 aliphatic heterocycles. The van der Waals surface area contributed by atoms with Gasteiger partial charge in [0.25, 0.3) is 0 Å². The van der Waals surface area contributed by atoms with Gasteiger partial charge in [0.2, 0.25) is 5.91 Å². The first-order chi connectivity index (χ1) is 18.3. The molecule has 0 spiro atoms. The Bertz CT molecular complexity index is 1760. The first-order valence-electron chi connectivity index (χ1n) is 12.1. The average molecular weight is 540 g/mol. The van der Waals surface area contributed by atoms with Crippen LogP contribution in [-0.4, -0.2) is 34.0 Å². The van der Waals surface area contributed by atoms with Crippen LogP contribution in [0.15, 0.2) is 66.9 Å². The van der Waals surface area contributed by atoms with E-state index in [4.69, 9.17) is 16.6 Å². The highest BCUT2D eigenvalue weighted by molar-refractivity contribution is 7.22. The van der Waals surface area contributed by atoms with Crippen molar-refractivity contribution in [1.82, 2.24) is 9.97 Å². The van der Waals surface area contributed by atoms with Crippen molar-refractivity contribution in [3.63, 3.8) is 0 Å². The van der Waals surface area contributed by atoms with Crippen molar-refractivity contribution in [3.8, 4) is 33.0 Å². The van der Waals surface area contributed by atoms with Gasteiger partial charge in [0.15, 0.2) is 0 Å². The Kier molecular flexibility index (Phi) is 5.97. The number of aromatic nitrogens is 2. The average Bonchev–Trinajstić information content (AvgIpc) is 3.44. The summed E-state index contributed by atoms with van der Waals surface area (Å²) in [5, 5.41) is 11.1. The number of carbonyl (C=O) groups excluding carboxylic acids is 1. The van der Waals surface area contributed by atoms with Gasteiger partial charge in [-0.25, -0.2) is 4.98 Å². The van der Waals surface area contributed by atoms with Gasteiger partial charge in [0.1, 0.15) is 5.01 Å². The number of carboxylic acid groups (broad SMARTS) is 1. The number of carbonyl (C=O) groups is 2. The Morgan fingerprint density at radius 1 is 1.05 bits per heavy atom. The SMILES string of the molecule is Cc1cc2nc(-c3ccnc(-c4ccc5c(c4)CC(=O)N5C)c3)sc2c(-c2ccc(Cl)cc2)c1CC(=O)O. The molecule has 0 fully saturated rings. The molecule has 5 aromatic rings. The molecule has 0 bridgehead atoms. The van der Waals surface area contributed by atoms with Gasteiger partial charge in [-0.15, -0.1) is 11.3 Å². The number of thiazole rings is 1. The molecule has 38 heavy (non-hydrogen) atoms. The summed E-state index contributed by atoms with van der Waals surface area (Å²) in [6, 6.07) is 19.3. The van der Waals surface area contributed by atoms with Gasteiger partial charge >= 0.3 is 5.97 Å². The Labute approximate surface area is 228 Å². The number of benzene rings is 3. The van der Waals surface area contributed by atoms with E-state index in [9.17, 15) is 14.7 Å². The molecule has 3 heterocycles. The molecule has 188 valence electrons. The predicted octanol–water partition coefficient (Wildman–Crippen LogP) is 6.80. The molecule has 1 aliphatic rings. The number of aryl methyl sites for hydroxylation is 1. The third-order valence-electron chi connectivity index (χ3n) is 6.93. The highest BCUT2D eigenvalue weighted by Gasteiger charge is 2.24. The fraction of sp³-hybridized carbons (Fsp3) is 0.133. The van der Waals surface area contributed by atoms with Crippen molar-refractivity contribution in [2.75, 3.05) is 11.9 Å². The lowest BCUT2D eigenvalue weighted by Crippen LogP contribution is -2.20. The summed E-state index contributed by atoms with van der Waals surface area (Å²) in [5.41, 5.74) is 8.85. The number of rotatable bonds is 5. The van der Waals surface area contributed by atoms with Gasteiger partial charge in [-0.2, -0.15) is 0 Å². The summed E-state index contributed by atoms with van der Waals surface area (Å²) in [5.74, 6) is -0.796. The van der Waals surface area contributed by atoms with Crippen LogP contribution in [0, 0.1) is 6.92 Å². The topological polar surface area (TPSA) is 83.4 Å². The first kappa shape index (κ1) is 24.3. The minimum atomic E-state index is -0.881. The Hall–Kier alpha value is -4.07. The molecular formula is C30H22ClN3O3S. The van der Waals surface area contributed by atoms with Crippen LogP contribution in [0.1, 0.15) is 16.7 Å². The number of fused-ring (bicyclic) bond motifs is 2. The van der Waals surface area contributed by atoms with E-state index in [1.807, 2.05) is 67.6 Å². The Morgan fingerprint density at radius 2 is 1.82 bits per heavy atom. The molecule has 0 radical (unpaired) electrons. The van der Waals surface area contributed by atoms with E-state index in [2.05, 4.69) is 4.98 Å². The van der Waals surface area contributed by atoms with Gasteiger partial charge in [-0.05, 0) is 71.6 Å². The number of anilines is 1. The number of pyridine rings is 1. The van der Waals surface area contributed by atoms with Crippen molar-refractivity contribution in [2.45, 2.75) is 19.8 Å². The van der Waals surface area contributed by atoms with Crippen molar-refractivity contribution < 1.29 is 14.7 Å². The number of hydrogen-bond acceptors (Lipinski definition) is 5. The minimum absolute atomic E-state index is 0.0810. The maximum absolute atomic E-state index is 12.1. The standard InChI is InChI=1S/C30H22ClN3O3S/c1-16-11-24-29(28(22(16)15-27(36)37)17-3-6-21(31)7-4-17)38-30(33-24)19-9-10-32-23(13-19)18-5-8-25-20(12-18)14-26(35)34(25)2/h3-13H,14-15H2,1-2H3,(H,36,37). The molecule has 0 saturated carbocycles. The monoisotopic (exact) mass is 539 g/mol. The van der Waals surface area contributed by atoms with Crippen LogP contribution >= 0.6 is 22.9 Å². The zero-order valence-corrected chi connectivity index (χ0v) is 22.2. The molecule has 1 N–H and O–H groups in total. The molecule has 1 amide bonds. The molecule has 0 aliphatic carbocycles. The molecule has 6 rings (SSSR count). The fourth-order valence-corrected chi connectivity index (χ4v) is 6.27. The van der Waals surface area contributed by atoms with Crippen LogP contribution in [0.5, 0.6) is 0 Å².